The molecule has 2 unspecified atom stereocenters. The number of hydrogen-bond acceptors (Lipinski definition) is 5. The number of carbonyl (C=O) groups is 2. The van der Waals surface area contributed by atoms with Crippen LogP contribution < -0.4 is 4.90 Å². The quantitative estimate of drug-likeness (QED) is 0.804. The van der Waals surface area contributed by atoms with Crippen molar-refractivity contribution in [3.05, 3.63) is 41.2 Å². The number of benzene rings is 1. The second-order valence-electron chi connectivity index (χ2n) is 7.76. The molecular weight excluding hydrogens is 354 g/mol. The molecule has 3 aliphatic heterocycles. The number of amides is 3. The molecule has 1 saturated heterocycles. The number of hydrogen-bond donors (Lipinski definition) is 0. The van der Waals surface area contributed by atoms with E-state index in [2.05, 4.69) is 37.8 Å². The van der Waals surface area contributed by atoms with Gasteiger partial charge in [-0.1, -0.05) is 25.5 Å². The molecule has 3 aliphatic rings. The number of urea groups is 1. The molecule has 7 nitrogen and oxygen atoms in total. The molecule has 3 heterocycles. The summed E-state index contributed by atoms with van der Waals surface area (Å²) in [5.41, 5.74) is 4.44. The fourth-order valence-corrected chi connectivity index (χ4v) is 4.15. The largest absolute Gasteiger partial charge is 0.328 e. The lowest BCUT2D eigenvalue weighted by molar-refractivity contribution is -0.136. The van der Waals surface area contributed by atoms with Gasteiger partial charge in [0.05, 0.1) is 5.69 Å². The van der Waals surface area contributed by atoms with Crippen molar-refractivity contribution in [2.24, 2.45) is 4.99 Å². The van der Waals surface area contributed by atoms with Gasteiger partial charge < -0.3 is 9.80 Å². The van der Waals surface area contributed by atoms with Crippen LogP contribution in [0.4, 0.5) is 10.5 Å². The summed E-state index contributed by atoms with van der Waals surface area (Å²) in [6, 6.07) is 5.43. The van der Waals surface area contributed by atoms with E-state index in [1.54, 1.807) is 11.9 Å². The van der Waals surface area contributed by atoms with Gasteiger partial charge in [-0.25, -0.2) is 9.79 Å². The van der Waals surface area contributed by atoms with E-state index in [4.69, 9.17) is 4.99 Å². The van der Waals surface area contributed by atoms with E-state index in [0.29, 0.717) is 12.5 Å². The lowest BCUT2D eigenvalue weighted by Gasteiger charge is -2.40. The van der Waals surface area contributed by atoms with Crippen LogP contribution in [0.3, 0.4) is 0 Å². The number of nitrogens with zero attached hydrogens (tertiary/aromatic N) is 5. The average Bonchev–Trinajstić information content (AvgIpc) is 3.17. The molecule has 4 rings (SSSR count). The maximum atomic E-state index is 13.2. The Morgan fingerprint density at radius 2 is 1.89 bits per heavy atom. The normalized spacial score (nSPS) is 23.9. The summed E-state index contributed by atoms with van der Waals surface area (Å²) < 4.78 is 0. The second kappa shape index (κ2) is 6.65. The van der Waals surface area contributed by atoms with Crippen molar-refractivity contribution in [3.63, 3.8) is 0 Å². The highest BCUT2D eigenvalue weighted by atomic mass is 16.2. The first-order chi connectivity index (χ1) is 13.4. The van der Waals surface area contributed by atoms with Crippen molar-refractivity contribution in [3.8, 4) is 0 Å². The van der Waals surface area contributed by atoms with Crippen LogP contribution in [-0.2, 0) is 4.79 Å². The Bertz CT molecular complexity index is 906. The number of aryl methyl sites for hydroxylation is 1. The monoisotopic (exact) mass is 381 g/mol. The fourth-order valence-electron chi connectivity index (χ4n) is 4.15. The third kappa shape index (κ3) is 2.52. The van der Waals surface area contributed by atoms with Crippen LogP contribution in [0.2, 0.25) is 0 Å². The van der Waals surface area contributed by atoms with Crippen LogP contribution in [0.15, 0.2) is 35.1 Å². The molecular formula is C21H27N5O2. The van der Waals surface area contributed by atoms with Gasteiger partial charge in [-0.15, -0.1) is 0 Å². The van der Waals surface area contributed by atoms with Gasteiger partial charge in [0, 0.05) is 25.5 Å². The standard InChI is InChI=1S/C21H27N5O2/c1-6-7-11-24-19(27)17-18(23(5)21(24)28)22-20-25(17)12-14(3)26(20)16-10-8-9-13(2)15(16)4/h8-10,12,17-18H,6-7,11H2,1-5H3. The number of imide groups is 1. The van der Waals surface area contributed by atoms with Crippen LogP contribution in [0.1, 0.15) is 37.8 Å². The Hall–Kier alpha value is -2.83. The molecule has 148 valence electrons. The van der Waals surface area contributed by atoms with Crippen molar-refractivity contribution in [1.29, 1.82) is 0 Å². The Labute approximate surface area is 165 Å². The van der Waals surface area contributed by atoms with Crippen molar-refractivity contribution in [2.75, 3.05) is 18.5 Å². The van der Waals surface area contributed by atoms with E-state index >= 15 is 0 Å². The smallest absolute Gasteiger partial charge is 0.302 e. The van der Waals surface area contributed by atoms with E-state index in [1.807, 2.05) is 24.1 Å². The molecule has 1 fully saturated rings. The summed E-state index contributed by atoms with van der Waals surface area (Å²) in [6.07, 6.45) is 3.22. The number of guanidine groups is 1. The van der Waals surface area contributed by atoms with Gasteiger partial charge in [0.15, 0.2) is 12.2 Å². The van der Waals surface area contributed by atoms with Gasteiger partial charge in [0.1, 0.15) is 0 Å². The van der Waals surface area contributed by atoms with E-state index < -0.39 is 12.2 Å². The minimum atomic E-state index is -0.500. The molecule has 0 saturated carbocycles. The van der Waals surface area contributed by atoms with Gasteiger partial charge in [0.25, 0.3) is 5.91 Å². The maximum absolute atomic E-state index is 13.2. The average molecular weight is 381 g/mol. The molecule has 0 aromatic heterocycles. The second-order valence-corrected chi connectivity index (χ2v) is 7.76. The summed E-state index contributed by atoms with van der Waals surface area (Å²) in [4.78, 5) is 37.8. The van der Waals surface area contributed by atoms with Crippen molar-refractivity contribution < 1.29 is 9.59 Å². The number of unbranched alkanes of at least 4 members (excludes halogenated alkanes) is 1. The first-order valence-corrected chi connectivity index (χ1v) is 9.86. The zero-order chi connectivity index (χ0) is 20.2. The zero-order valence-corrected chi connectivity index (χ0v) is 17.1. The Morgan fingerprint density at radius 1 is 1.14 bits per heavy atom. The van der Waals surface area contributed by atoms with E-state index in [1.165, 1.54) is 16.0 Å². The van der Waals surface area contributed by atoms with E-state index in [-0.39, 0.29) is 11.9 Å². The van der Waals surface area contributed by atoms with E-state index in [9.17, 15) is 9.59 Å². The third-order valence-corrected chi connectivity index (χ3v) is 5.94. The highest BCUT2D eigenvalue weighted by Crippen LogP contribution is 2.38. The lowest BCUT2D eigenvalue weighted by Crippen LogP contribution is -2.64. The van der Waals surface area contributed by atoms with Crippen LogP contribution >= 0.6 is 0 Å². The highest BCUT2D eigenvalue weighted by molar-refractivity contribution is 6.10. The van der Waals surface area contributed by atoms with Crippen LogP contribution in [0, 0.1) is 13.8 Å². The molecule has 0 spiro atoms. The molecule has 1 aromatic carbocycles. The fraction of sp³-hybridized carbons (Fsp3) is 0.476. The summed E-state index contributed by atoms with van der Waals surface area (Å²) in [5, 5.41) is 0. The number of fused-ring (bicyclic) bond motifs is 3. The van der Waals surface area contributed by atoms with Gasteiger partial charge >= 0.3 is 6.03 Å². The predicted molar refractivity (Wildman–Crippen MR) is 109 cm³/mol. The first kappa shape index (κ1) is 18.5. The molecule has 1 aromatic rings. The Balaban J connectivity index is 1.72. The third-order valence-electron chi connectivity index (χ3n) is 5.94. The molecule has 0 aliphatic carbocycles. The molecule has 0 bridgehead atoms. The minimum Gasteiger partial charge on any atom is -0.302 e. The van der Waals surface area contributed by atoms with Crippen molar-refractivity contribution in [1.82, 2.24) is 14.7 Å². The minimum absolute atomic E-state index is 0.160. The first-order valence-electron chi connectivity index (χ1n) is 9.86. The summed E-state index contributed by atoms with van der Waals surface area (Å²) in [7, 11) is 1.73. The van der Waals surface area contributed by atoms with Crippen molar-refractivity contribution >= 4 is 23.6 Å². The number of allylic oxidation sites excluding steroid dienone is 1. The number of likely N-dealkylation sites (N-methyl/N-ethyl adjacent to an activating group) is 1. The number of rotatable bonds is 4. The molecule has 7 heteroatoms. The maximum Gasteiger partial charge on any atom is 0.328 e. The van der Waals surface area contributed by atoms with Gasteiger partial charge in [-0.3, -0.25) is 14.6 Å². The number of carbonyl (C=O) groups excluding carboxylic acids is 2. The highest BCUT2D eigenvalue weighted by Gasteiger charge is 2.54. The SMILES string of the molecule is CCCCN1C(=O)C2C(N=C3N(c4cccc(C)c4C)C(C)=CN32)N(C)C1=O. The predicted octanol–water partition coefficient (Wildman–Crippen LogP) is 3.05. The summed E-state index contributed by atoms with van der Waals surface area (Å²) >= 11 is 0. The number of aliphatic imine (C=N–C) groups is 1. The number of anilines is 1. The Kier molecular flexibility index (Phi) is 4.40. The Morgan fingerprint density at radius 3 is 2.61 bits per heavy atom. The molecule has 3 amide bonds. The van der Waals surface area contributed by atoms with Crippen LogP contribution in [-0.4, -0.2) is 58.4 Å². The topological polar surface area (TPSA) is 59.5 Å². The van der Waals surface area contributed by atoms with Crippen LogP contribution in [0.5, 0.6) is 0 Å². The van der Waals surface area contributed by atoms with Gasteiger partial charge in [-0.2, -0.15) is 0 Å². The van der Waals surface area contributed by atoms with Gasteiger partial charge in [-0.05, 0) is 44.4 Å². The summed E-state index contributed by atoms with van der Waals surface area (Å²) in [5.74, 6) is 0.554. The molecule has 0 N–H and O–H groups in total. The molecule has 28 heavy (non-hydrogen) atoms. The van der Waals surface area contributed by atoms with Gasteiger partial charge in [0.2, 0.25) is 5.96 Å². The van der Waals surface area contributed by atoms with E-state index in [0.717, 1.165) is 24.2 Å². The molecule has 2 atom stereocenters. The lowest BCUT2D eigenvalue weighted by atomic mass is 10.1. The molecule has 0 radical (unpaired) electrons. The van der Waals surface area contributed by atoms with Crippen LogP contribution in [0.25, 0.3) is 0 Å². The zero-order valence-electron chi connectivity index (χ0n) is 17.1. The summed E-state index contributed by atoms with van der Waals surface area (Å²) in [6.45, 7) is 8.71. The van der Waals surface area contributed by atoms with Crippen molar-refractivity contribution in [2.45, 2.75) is 52.7 Å².